The number of ketones is 1. The summed E-state index contributed by atoms with van der Waals surface area (Å²) < 4.78 is 47.4. The molecule has 0 spiro atoms. The fraction of sp³-hybridized carbons (Fsp3) is 0.286. The summed E-state index contributed by atoms with van der Waals surface area (Å²) in [7, 11) is 0. The molecule has 0 radical (unpaired) electrons. The van der Waals surface area contributed by atoms with Crippen molar-refractivity contribution < 1.29 is 37.0 Å². The number of anilines is 2. The highest BCUT2D eigenvalue weighted by Crippen LogP contribution is 2.37. The van der Waals surface area contributed by atoms with E-state index in [1.54, 1.807) is 18.3 Å². The van der Waals surface area contributed by atoms with Crippen LogP contribution in [0.1, 0.15) is 33.2 Å². The Hall–Kier alpha value is -3.76. The number of hydrogen-bond donors (Lipinski definition) is 3. The lowest BCUT2D eigenvalue weighted by Crippen LogP contribution is -2.33. The summed E-state index contributed by atoms with van der Waals surface area (Å²) in [5.41, 5.74) is 1.60. The molecule has 0 aliphatic carbocycles. The van der Waals surface area contributed by atoms with Crippen LogP contribution in [0.15, 0.2) is 30.3 Å². The fourth-order valence-electron chi connectivity index (χ4n) is 2.94. The Morgan fingerprint density at radius 3 is 2.38 bits per heavy atom. The molecule has 0 unspecified atom stereocenters. The van der Waals surface area contributed by atoms with Crippen molar-refractivity contribution in [1.82, 2.24) is 5.32 Å². The molecule has 0 atom stereocenters. The zero-order valence-corrected chi connectivity index (χ0v) is 17.2. The number of hydrogen-bond acceptors (Lipinski definition) is 6. The van der Waals surface area contributed by atoms with Gasteiger partial charge >= 0.3 is 6.18 Å². The van der Waals surface area contributed by atoms with Crippen LogP contribution >= 0.6 is 0 Å². The normalized spacial score (nSPS) is 12.3. The Balaban J connectivity index is 1.66. The van der Waals surface area contributed by atoms with Crippen LogP contribution in [0, 0.1) is 6.92 Å². The summed E-state index contributed by atoms with van der Waals surface area (Å²) in [6.07, 6.45) is -4.52. The minimum Gasteiger partial charge on any atom is -0.454 e. The van der Waals surface area contributed by atoms with Gasteiger partial charge in [-0.1, -0.05) is 6.07 Å². The van der Waals surface area contributed by atoms with Crippen molar-refractivity contribution in [2.45, 2.75) is 20.0 Å². The van der Waals surface area contributed by atoms with Gasteiger partial charge in [0, 0.05) is 22.9 Å². The van der Waals surface area contributed by atoms with E-state index in [4.69, 9.17) is 9.47 Å². The number of fused-ring (bicyclic) bond motifs is 1. The van der Waals surface area contributed by atoms with Crippen molar-refractivity contribution in [3.8, 4) is 11.5 Å². The van der Waals surface area contributed by atoms with E-state index < -0.39 is 24.5 Å². The first-order valence-electron chi connectivity index (χ1n) is 9.47. The Labute approximate surface area is 181 Å². The first-order valence-corrected chi connectivity index (χ1v) is 9.47. The molecule has 0 saturated carbocycles. The van der Waals surface area contributed by atoms with Crippen molar-refractivity contribution in [2.24, 2.45) is 0 Å². The topological polar surface area (TPSA) is 106 Å². The number of Topliss-reactive ketones (excluding diaryl/α,β-unsaturated/α-hetero) is 1. The second-order valence-corrected chi connectivity index (χ2v) is 7.04. The number of rotatable bonds is 7. The number of amides is 2. The van der Waals surface area contributed by atoms with Crippen molar-refractivity contribution in [3.63, 3.8) is 0 Å². The van der Waals surface area contributed by atoms with Gasteiger partial charge in [-0.05, 0) is 37.6 Å². The van der Waals surface area contributed by atoms with Crippen molar-refractivity contribution in [1.29, 1.82) is 0 Å². The van der Waals surface area contributed by atoms with Gasteiger partial charge in [-0.2, -0.15) is 13.2 Å². The van der Waals surface area contributed by atoms with E-state index in [1.807, 2.05) is 0 Å². The van der Waals surface area contributed by atoms with E-state index in [9.17, 15) is 27.6 Å². The smallest absolute Gasteiger partial charge is 0.405 e. The van der Waals surface area contributed by atoms with Gasteiger partial charge in [0.05, 0.1) is 12.2 Å². The van der Waals surface area contributed by atoms with E-state index in [-0.39, 0.29) is 35.9 Å². The predicted molar refractivity (Wildman–Crippen MR) is 109 cm³/mol. The molecule has 1 heterocycles. The summed E-state index contributed by atoms with van der Waals surface area (Å²) in [4.78, 5) is 36.3. The van der Waals surface area contributed by atoms with Gasteiger partial charge in [-0.3, -0.25) is 14.4 Å². The van der Waals surface area contributed by atoms with Crippen LogP contribution in [0.5, 0.6) is 11.5 Å². The van der Waals surface area contributed by atoms with Crippen molar-refractivity contribution in [3.05, 3.63) is 47.0 Å². The van der Waals surface area contributed by atoms with Crippen LogP contribution < -0.4 is 25.4 Å². The lowest BCUT2D eigenvalue weighted by atomic mass is 10.1. The van der Waals surface area contributed by atoms with Crippen LogP contribution in [0.3, 0.4) is 0 Å². The number of aryl methyl sites for hydroxylation is 1. The number of carbonyl (C=O) groups excluding carboxylic acids is 3. The lowest BCUT2D eigenvalue weighted by Gasteiger charge is -2.14. The van der Waals surface area contributed by atoms with Crippen molar-refractivity contribution in [2.75, 3.05) is 30.5 Å². The summed E-state index contributed by atoms with van der Waals surface area (Å²) in [6.45, 7) is 1.41. The molecule has 0 fully saturated rings. The van der Waals surface area contributed by atoms with Gasteiger partial charge in [-0.15, -0.1) is 0 Å². The average Bonchev–Trinajstić information content (AvgIpc) is 3.17. The van der Waals surface area contributed by atoms with Gasteiger partial charge in [0.15, 0.2) is 17.3 Å². The van der Waals surface area contributed by atoms with E-state index in [0.29, 0.717) is 22.7 Å². The minimum absolute atomic E-state index is 0.0115. The molecule has 1 aliphatic rings. The van der Waals surface area contributed by atoms with Gasteiger partial charge in [0.1, 0.15) is 6.54 Å². The third-order valence-corrected chi connectivity index (χ3v) is 4.55. The van der Waals surface area contributed by atoms with Gasteiger partial charge in [0.2, 0.25) is 12.7 Å². The first kappa shape index (κ1) is 22.9. The summed E-state index contributed by atoms with van der Waals surface area (Å²) in [5, 5.41) is 7.27. The van der Waals surface area contributed by atoms with E-state index in [1.165, 1.54) is 31.2 Å². The van der Waals surface area contributed by atoms with Crippen LogP contribution in [-0.2, 0) is 4.79 Å². The number of halogens is 3. The molecule has 170 valence electrons. The third kappa shape index (κ3) is 5.68. The summed E-state index contributed by atoms with van der Waals surface area (Å²) in [6, 6.07) is 7.27. The molecule has 0 saturated heterocycles. The fourth-order valence-corrected chi connectivity index (χ4v) is 2.94. The molecule has 0 aromatic heterocycles. The maximum Gasteiger partial charge on any atom is 0.405 e. The molecule has 1 aliphatic heterocycles. The highest BCUT2D eigenvalue weighted by molar-refractivity contribution is 6.05. The zero-order valence-electron chi connectivity index (χ0n) is 17.2. The Morgan fingerprint density at radius 1 is 1.03 bits per heavy atom. The molecule has 2 aromatic rings. The van der Waals surface area contributed by atoms with Crippen LogP contribution in [0.2, 0.25) is 0 Å². The van der Waals surface area contributed by atoms with E-state index in [2.05, 4.69) is 10.6 Å². The predicted octanol–water partition coefficient (Wildman–Crippen LogP) is 3.27. The molecule has 2 amide bonds. The number of alkyl halides is 3. The molecule has 2 aromatic carbocycles. The minimum atomic E-state index is -4.52. The van der Waals surface area contributed by atoms with E-state index >= 15 is 0 Å². The maximum absolute atomic E-state index is 12.4. The van der Waals surface area contributed by atoms with E-state index in [0.717, 1.165) is 0 Å². The molecule has 3 N–H and O–H groups in total. The van der Waals surface area contributed by atoms with Gasteiger partial charge in [0.25, 0.3) is 5.91 Å². The van der Waals surface area contributed by atoms with Gasteiger partial charge < -0.3 is 25.4 Å². The first-order chi connectivity index (χ1) is 15.0. The number of nitrogens with one attached hydrogen (secondary N) is 3. The monoisotopic (exact) mass is 451 g/mol. The quantitative estimate of drug-likeness (QED) is 0.558. The Morgan fingerprint density at radius 2 is 1.72 bits per heavy atom. The molecule has 0 bridgehead atoms. The highest BCUT2D eigenvalue weighted by atomic mass is 19.4. The van der Waals surface area contributed by atoms with Crippen LogP contribution in [0.4, 0.5) is 24.5 Å². The standard InChI is InChI=1S/C21H20F3N3O5/c1-11-3-4-13(20(30)26-9-21(22,23)24)5-15(11)25-8-19(29)27-16-7-18-17(31-10-32-18)6-14(16)12(2)28/h3-7,25H,8-10H2,1-2H3,(H,26,30)(H,27,29). The van der Waals surface area contributed by atoms with Crippen LogP contribution in [-0.4, -0.2) is 43.7 Å². The largest absolute Gasteiger partial charge is 0.454 e. The SMILES string of the molecule is CC(=O)c1cc2c(cc1NC(=O)CNc1cc(C(=O)NCC(F)(F)F)ccc1C)OCO2. The molecular formula is C21H20F3N3O5. The Kier molecular flexibility index (Phi) is 6.56. The lowest BCUT2D eigenvalue weighted by molar-refractivity contribution is -0.123. The second-order valence-electron chi connectivity index (χ2n) is 7.04. The van der Waals surface area contributed by atoms with Gasteiger partial charge in [-0.25, -0.2) is 0 Å². The number of ether oxygens (including phenoxy) is 2. The molecule has 8 nitrogen and oxygen atoms in total. The van der Waals surface area contributed by atoms with Crippen molar-refractivity contribution >= 4 is 29.0 Å². The molecule has 11 heteroatoms. The zero-order chi connectivity index (χ0) is 23.5. The average molecular weight is 451 g/mol. The summed E-state index contributed by atoms with van der Waals surface area (Å²) >= 11 is 0. The molecular weight excluding hydrogens is 431 g/mol. The van der Waals surface area contributed by atoms with Crippen LogP contribution in [0.25, 0.3) is 0 Å². The summed E-state index contributed by atoms with van der Waals surface area (Å²) in [5.74, 6) is -0.854. The highest BCUT2D eigenvalue weighted by Gasteiger charge is 2.28. The number of benzene rings is 2. The number of carbonyl (C=O) groups is 3. The molecule has 3 rings (SSSR count). The maximum atomic E-state index is 12.4. The molecule has 32 heavy (non-hydrogen) atoms. The third-order valence-electron chi connectivity index (χ3n) is 4.55. The second kappa shape index (κ2) is 9.16. The Bertz CT molecular complexity index is 1070.